The van der Waals surface area contributed by atoms with Crippen molar-refractivity contribution in [3.8, 4) is 0 Å². The van der Waals surface area contributed by atoms with Crippen molar-refractivity contribution in [2.45, 2.75) is 0 Å². The van der Waals surface area contributed by atoms with E-state index in [0.717, 1.165) is 10.1 Å². The van der Waals surface area contributed by atoms with E-state index in [2.05, 4.69) is 5.16 Å². The average Bonchev–Trinajstić information content (AvgIpc) is 2.90. The fourth-order valence-electron chi connectivity index (χ4n) is 1.95. The van der Waals surface area contributed by atoms with Crippen LogP contribution in [0.2, 0.25) is 5.02 Å². The summed E-state index contributed by atoms with van der Waals surface area (Å²) in [4.78, 5) is 17.2. The van der Waals surface area contributed by atoms with E-state index in [9.17, 15) is 9.18 Å². The Hall–Kier alpha value is -2.44. The lowest BCUT2D eigenvalue weighted by Gasteiger charge is -2.00. The highest BCUT2D eigenvalue weighted by molar-refractivity contribution is 7.21. The molecule has 0 aliphatic rings. The third-order valence-corrected chi connectivity index (χ3v) is 4.74. The Labute approximate surface area is 139 Å². The average molecular weight is 349 g/mol. The number of oxime groups is 1. The summed E-state index contributed by atoms with van der Waals surface area (Å²) in [6.07, 6.45) is 0. The molecule has 2 N–H and O–H groups in total. The van der Waals surface area contributed by atoms with E-state index in [1.165, 1.54) is 35.6 Å². The molecule has 2 aromatic carbocycles. The van der Waals surface area contributed by atoms with Crippen LogP contribution >= 0.6 is 22.9 Å². The van der Waals surface area contributed by atoms with Crippen molar-refractivity contribution in [1.82, 2.24) is 0 Å². The molecule has 0 aliphatic heterocycles. The molecule has 0 atom stereocenters. The molecule has 0 spiro atoms. The van der Waals surface area contributed by atoms with Crippen molar-refractivity contribution in [2.75, 3.05) is 0 Å². The zero-order valence-corrected chi connectivity index (χ0v) is 13.2. The number of hydrogen-bond donors (Lipinski definition) is 1. The Balaban J connectivity index is 1.81. The standard InChI is InChI=1S/C16H10ClFN2O2S/c17-13-11-3-1-2-4-12(11)23-14(13)16(21)22-20-15(19)9-5-7-10(18)8-6-9/h1-8H,(H2,19,20). The molecule has 23 heavy (non-hydrogen) atoms. The van der Waals surface area contributed by atoms with Gasteiger partial charge < -0.3 is 10.6 Å². The van der Waals surface area contributed by atoms with Gasteiger partial charge in [-0.25, -0.2) is 9.18 Å². The number of benzene rings is 2. The van der Waals surface area contributed by atoms with Crippen LogP contribution in [-0.2, 0) is 4.84 Å². The third kappa shape index (κ3) is 3.18. The molecule has 0 amide bonds. The minimum absolute atomic E-state index is 0.0319. The quantitative estimate of drug-likeness (QED) is 0.334. The number of amidine groups is 1. The molecule has 116 valence electrons. The minimum Gasteiger partial charge on any atom is -0.380 e. The zero-order chi connectivity index (χ0) is 16.4. The monoisotopic (exact) mass is 348 g/mol. The fourth-order valence-corrected chi connectivity index (χ4v) is 3.33. The van der Waals surface area contributed by atoms with Gasteiger partial charge in [0.05, 0.1) is 5.02 Å². The van der Waals surface area contributed by atoms with Gasteiger partial charge in [0.2, 0.25) is 0 Å². The van der Waals surface area contributed by atoms with Crippen molar-refractivity contribution in [1.29, 1.82) is 0 Å². The maximum absolute atomic E-state index is 12.9. The number of carbonyl (C=O) groups excluding carboxylic acids is 1. The molecular weight excluding hydrogens is 339 g/mol. The lowest BCUT2D eigenvalue weighted by Crippen LogP contribution is -2.15. The highest BCUT2D eigenvalue weighted by Gasteiger charge is 2.18. The van der Waals surface area contributed by atoms with E-state index in [-0.39, 0.29) is 10.7 Å². The van der Waals surface area contributed by atoms with Crippen molar-refractivity contribution in [2.24, 2.45) is 10.9 Å². The highest BCUT2D eigenvalue weighted by atomic mass is 35.5. The molecular formula is C16H10ClFN2O2S. The lowest BCUT2D eigenvalue weighted by atomic mass is 10.2. The third-order valence-electron chi connectivity index (χ3n) is 3.09. The molecule has 3 aromatic rings. The second-order valence-corrected chi connectivity index (χ2v) is 6.03. The number of thiophene rings is 1. The molecule has 1 aromatic heterocycles. The van der Waals surface area contributed by atoms with Gasteiger partial charge in [-0.2, -0.15) is 0 Å². The Bertz CT molecular complexity index is 906. The molecule has 7 heteroatoms. The SMILES string of the molecule is N/C(=N\OC(=O)c1sc2ccccc2c1Cl)c1ccc(F)cc1. The molecule has 1 heterocycles. The van der Waals surface area contributed by atoms with Crippen molar-refractivity contribution < 1.29 is 14.0 Å². The molecule has 4 nitrogen and oxygen atoms in total. The number of nitrogens with zero attached hydrogens (tertiary/aromatic N) is 1. The normalized spacial score (nSPS) is 11.7. The predicted molar refractivity (Wildman–Crippen MR) is 89.4 cm³/mol. The molecule has 0 radical (unpaired) electrons. The number of fused-ring (bicyclic) bond motifs is 1. The van der Waals surface area contributed by atoms with Crippen LogP contribution < -0.4 is 5.73 Å². The molecule has 3 rings (SSSR count). The largest absolute Gasteiger partial charge is 0.380 e. The van der Waals surface area contributed by atoms with Gasteiger partial charge in [-0.05, 0) is 30.3 Å². The van der Waals surface area contributed by atoms with Crippen LogP contribution in [0.15, 0.2) is 53.7 Å². The topological polar surface area (TPSA) is 64.7 Å². The Morgan fingerprint density at radius 2 is 1.87 bits per heavy atom. The van der Waals surface area contributed by atoms with E-state index in [4.69, 9.17) is 22.2 Å². The predicted octanol–water partition coefficient (Wildman–Crippen LogP) is 4.17. The van der Waals surface area contributed by atoms with Crippen molar-refractivity contribution >= 4 is 44.8 Å². The summed E-state index contributed by atoms with van der Waals surface area (Å²) in [5, 5.41) is 4.69. The molecule has 0 bridgehead atoms. The highest BCUT2D eigenvalue weighted by Crippen LogP contribution is 2.35. The van der Waals surface area contributed by atoms with Crippen LogP contribution in [0.1, 0.15) is 15.2 Å². The number of halogens is 2. The summed E-state index contributed by atoms with van der Waals surface area (Å²) in [5.41, 5.74) is 6.15. The first-order chi connectivity index (χ1) is 11.1. The van der Waals surface area contributed by atoms with Gasteiger partial charge in [-0.3, -0.25) is 0 Å². The Morgan fingerprint density at radius 3 is 2.57 bits per heavy atom. The number of carbonyl (C=O) groups is 1. The van der Waals surface area contributed by atoms with Crippen LogP contribution in [0.5, 0.6) is 0 Å². The lowest BCUT2D eigenvalue weighted by molar-refractivity contribution is 0.0522. The van der Waals surface area contributed by atoms with E-state index in [1.807, 2.05) is 24.3 Å². The van der Waals surface area contributed by atoms with Crippen LogP contribution in [-0.4, -0.2) is 11.8 Å². The fraction of sp³-hybridized carbons (Fsp3) is 0. The first kappa shape index (κ1) is 15.5. The molecule has 0 aliphatic carbocycles. The molecule has 0 fully saturated rings. The van der Waals surface area contributed by atoms with Crippen LogP contribution in [0.3, 0.4) is 0 Å². The summed E-state index contributed by atoms with van der Waals surface area (Å²) < 4.78 is 13.7. The maximum atomic E-state index is 12.9. The van der Waals surface area contributed by atoms with Gasteiger partial charge in [0.15, 0.2) is 5.84 Å². The number of rotatable bonds is 3. The summed E-state index contributed by atoms with van der Waals surface area (Å²) in [7, 11) is 0. The number of nitrogens with two attached hydrogens (primary N) is 1. The van der Waals surface area contributed by atoms with Gasteiger partial charge in [-0.1, -0.05) is 35.0 Å². The van der Waals surface area contributed by atoms with E-state index in [1.54, 1.807) is 0 Å². The summed E-state index contributed by atoms with van der Waals surface area (Å²) >= 11 is 7.41. The zero-order valence-electron chi connectivity index (χ0n) is 11.6. The van der Waals surface area contributed by atoms with Crippen molar-refractivity contribution in [3.63, 3.8) is 0 Å². The first-order valence-electron chi connectivity index (χ1n) is 6.54. The summed E-state index contributed by atoms with van der Waals surface area (Å²) in [5.74, 6) is -1.12. The van der Waals surface area contributed by atoms with Gasteiger partial charge >= 0.3 is 5.97 Å². The maximum Gasteiger partial charge on any atom is 0.377 e. The second kappa shape index (κ2) is 6.36. The van der Waals surface area contributed by atoms with E-state index in [0.29, 0.717) is 10.6 Å². The molecule has 0 saturated carbocycles. The van der Waals surface area contributed by atoms with Gasteiger partial charge in [0.1, 0.15) is 10.7 Å². The Kier molecular flexibility index (Phi) is 4.27. The summed E-state index contributed by atoms with van der Waals surface area (Å²) in [6, 6.07) is 12.7. The van der Waals surface area contributed by atoms with Crippen LogP contribution in [0, 0.1) is 5.82 Å². The minimum atomic E-state index is -0.693. The van der Waals surface area contributed by atoms with Crippen LogP contribution in [0.25, 0.3) is 10.1 Å². The Morgan fingerprint density at radius 1 is 1.17 bits per heavy atom. The van der Waals surface area contributed by atoms with Gasteiger partial charge in [0, 0.05) is 15.6 Å². The van der Waals surface area contributed by atoms with Gasteiger partial charge in [-0.15, -0.1) is 11.3 Å². The molecule has 0 unspecified atom stereocenters. The van der Waals surface area contributed by atoms with E-state index < -0.39 is 11.8 Å². The number of hydrogen-bond acceptors (Lipinski definition) is 4. The van der Waals surface area contributed by atoms with Crippen molar-refractivity contribution in [3.05, 3.63) is 69.8 Å². The molecule has 0 saturated heterocycles. The first-order valence-corrected chi connectivity index (χ1v) is 7.73. The summed E-state index contributed by atoms with van der Waals surface area (Å²) in [6.45, 7) is 0. The smallest absolute Gasteiger partial charge is 0.377 e. The van der Waals surface area contributed by atoms with Gasteiger partial charge in [0.25, 0.3) is 0 Å². The second-order valence-electron chi connectivity index (χ2n) is 4.60. The van der Waals surface area contributed by atoms with E-state index >= 15 is 0 Å². The van der Waals surface area contributed by atoms with Crippen LogP contribution in [0.4, 0.5) is 4.39 Å².